The summed E-state index contributed by atoms with van der Waals surface area (Å²) in [6.07, 6.45) is 0.627. The third-order valence-electron chi connectivity index (χ3n) is 2.98. The molecule has 1 aromatic rings. The molecule has 106 valence electrons. The van der Waals surface area contributed by atoms with Crippen molar-refractivity contribution in [3.63, 3.8) is 0 Å². The van der Waals surface area contributed by atoms with Gasteiger partial charge < -0.3 is 15.5 Å². The van der Waals surface area contributed by atoms with Crippen LogP contribution in [0.2, 0.25) is 0 Å². The van der Waals surface area contributed by atoms with E-state index in [0.29, 0.717) is 13.0 Å². The van der Waals surface area contributed by atoms with Crippen LogP contribution in [0.25, 0.3) is 0 Å². The molecule has 0 bridgehead atoms. The van der Waals surface area contributed by atoms with Gasteiger partial charge in [0.05, 0.1) is 18.0 Å². The van der Waals surface area contributed by atoms with Gasteiger partial charge in [-0.15, -0.1) is 0 Å². The molecule has 1 aliphatic heterocycles. The fraction of sp³-hybridized carbons (Fsp3) is 0.500. The zero-order chi connectivity index (χ0) is 13.9. The first kappa shape index (κ1) is 14.4. The zero-order valence-corrected chi connectivity index (χ0v) is 11.3. The summed E-state index contributed by atoms with van der Waals surface area (Å²) in [5.41, 5.74) is 0. The molecule has 0 aromatic heterocycles. The largest absolute Gasteiger partial charge is 0.364 e. The Bertz CT molecular complexity index is 516. The number of aliphatic hydroxyl groups is 2. The number of nitrogens with one attached hydrogen (secondary N) is 1. The first-order valence-corrected chi connectivity index (χ1v) is 7.56. The highest BCUT2D eigenvalue weighted by Gasteiger charge is 2.34. The van der Waals surface area contributed by atoms with Crippen molar-refractivity contribution in [1.29, 1.82) is 0 Å². The van der Waals surface area contributed by atoms with Crippen molar-refractivity contribution in [2.75, 3.05) is 26.2 Å². The van der Waals surface area contributed by atoms with E-state index in [1.165, 1.54) is 12.1 Å². The highest BCUT2D eigenvalue weighted by molar-refractivity contribution is 7.89. The average Bonchev–Trinajstić information content (AvgIpc) is 2.35. The standard InChI is InChI=1S/C12H18N2O4S/c15-12(16)9-13-7-4-8-14(10-12)19(17,18)11-5-2-1-3-6-11/h1-3,5-6,13,15-16H,4,7-10H2. The van der Waals surface area contributed by atoms with E-state index in [-0.39, 0.29) is 24.5 Å². The van der Waals surface area contributed by atoms with Gasteiger partial charge in [0, 0.05) is 6.54 Å². The molecule has 1 aromatic carbocycles. The van der Waals surface area contributed by atoms with Gasteiger partial charge in [0.25, 0.3) is 0 Å². The van der Waals surface area contributed by atoms with Crippen LogP contribution in [0, 0.1) is 0 Å². The lowest BCUT2D eigenvalue weighted by Gasteiger charge is -2.32. The normalized spacial score (nSPS) is 21.6. The van der Waals surface area contributed by atoms with Crippen LogP contribution in [0.15, 0.2) is 35.2 Å². The molecule has 19 heavy (non-hydrogen) atoms. The van der Waals surface area contributed by atoms with Crippen molar-refractivity contribution < 1.29 is 18.6 Å². The molecule has 1 aliphatic rings. The van der Waals surface area contributed by atoms with Gasteiger partial charge in [0.15, 0.2) is 5.79 Å². The molecular weight excluding hydrogens is 268 g/mol. The summed E-state index contributed by atoms with van der Waals surface area (Å²) in [5, 5.41) is 22.4. The lowest BCUT2D eigenvalue weighted by molar-refractivity contribution is -0.164. The van der Waals surface area contributed by atoms with E-state index in [2.05, 4.69) is 5.32 Å². The summed E-state index contributed by atoms with van der Waals surface area (Å²) in [4.78, 5) is 0.166. The van der Waals surface area contributed by atoms with E-state index >= 15 is 0 Å². The molecule has 1 heterocycles. The van der Waals surface area contributed by atoms with E-state index in [1.54, 1.807) is 18.2 Å². The molecule has 0 aliphatic carbocycles. The Balaban J connectivity index is 2.27. The molecule has 1 fully saturated rings. The average molecular weight is 286 g/mol. The SMILES string of the molecule is O=S(=O)(c1ccccc1)N1CCCNCC(O)(O)C1. The Morgan fingerprint density at radius 2 is 1.89 bits per heavy atom. The minimum atomic E-state index is -3.69. The Morgan fingerprint density at radius 1 is 1.21 bits per heavy atom. The van der Waals surface area contributed by atoms with Gasteiger partial charge in [-0.3, -0.25) is 0 Å². The van der Waals surface area contributed by atoms with Crippen molar-refractivity contribution in [1.82, 2.24) is 9.62 Å². The highest BCUT2D eigenvalue weighted by Crippen LogP contribution is 2.18. The maximum atomic E-state index is 12.4. The predicted molar refractivity (Wildman–Crippen MR) is 69.9 cm³/mol. The van der Waals surface area contributed by atoms with E-state index in [9.17, 15) is 18.6 Å². The van der Waals surface area contributed by atoms with Crippen molar-refractivity contribution in [2.24, 2.45) is 0 Å². The van der Waals surface area contributed by atoms with E-state index in [1.807, 2.05) is 0 Å². The van der Waals surface area contributed by atoms with Gasteiger partial charge in [-0.25, -0.2) is 8.42 Å². The Kier molecular flexibility index (Phi) is 4.22. The van der Waals surface area contributed by atoms with Crippen molar-refractivity contribution >= 4 is 10.0 Å². The summed E-state index contributed by atoms with van der Waals surface area (Å²) in [6, 6.07) is 8.03. The van der Waals surface area contributed by atoms with Gasteiger partial charge in [0.1, 0.15) is 0 Å². The van der Waals surface area contributed by atoms with Crippen LogP contribution in [0.3, 0.4) is 0 Å². The minimum absolute atomic E-state index is 0.0478. The van der Waals surface area contributed by atoms with Crippen molar-refractivity contribution in [3.05, 3.63) is 30.3 Å². The zero-order valence-electron chi connectivity index (χ0n) is 10.5. The molecule has 0 radical (unpaired) electrons. The Hall–Kier alpha value is -0.990. The number of rotatable bonds is 2. The van der Waals surface area contributed by atoms with Crippen LogP contribution in [0.1, 0.15) is 6.42 Å². The fourth-order valence-corrected chi connectivity index (χ4v) is 3.58. The second kappa shape index (κ2) is 5.56. The summed E-state index contributed by atoms with van der Waals surface area (Å²) >= 11 is 0. The van der Waals surface area contributed by atoms with E-state index in [0.717, 1.165) is 4.31 Å². The third kappa shape index (κ3) is 3.52. The van der Waals surface area contributed by atoms with Crippen LogP contribution in [0.4, 0.5) is 0 Å². The molecule has 7 heteroatoms. The Morgan fingerprint density at radius 3 is 2.58 bits per heavy atom. The molecule has 0 unspecified atom stereocenters. The minimum Gasteiger partial charge on any atom is -0.364 e. The molecule has 1 saturated heterocycles. The van der Waals surface area contributed by atoms with Crippen molar-refractivity contribution in [2.45, 2.75) is 17.1 Å². The molecule has 2 rings (SSSR count). The van der Waals surface area contributed by atoms with Crippen LogP contribution in [-0.4, -0.2) is 54.9 Å². The van der Waals surface area contributed by atoms with Crippen LogP contribution < -0.4 is 5.32 Å². The number of benzene rings is 1. The molecule has 0 amide bonds. The van der Waals surface area contributed by atoms with E-state index < -0.39 is 15.8 Å². The molecule has 3 N–H and O–H groups in total. The molecular formula is C12H18N2O4S. The predicted octanol–water partition coefficient (Wildman–Crippen LogP) is -0.648. The number of β-amino-alcohol motifs (C(OH)–C–C–N with tert-alkyl or cyclic N) is 2. The highest BCUT2D eigenvalue weighted by atomic mass is 32.2. The third-order valence-corrected chi connectivity index (χ3v) is 4.84. The van der Waals surface area contributed by atoms with Gasteiger partial charge in [0.2, 0.25) is 10.0 Å². The van der Waals surface area contributed by atoms with Crippen LogP contribution in [0.5, 0.6) is 0 Å². The maximum Gasteiger partial charge on any atom is 0.243 e. The lowest BCUT2D eigenvalue weighted by atomic mass is 10.2. The summed E-state index contributed by atoms with van der Waals surface area (Å²) in [6.45, 7) is 0.418. The quantitative estimate of drug-likeness (QED) is 0.629. The maximum absolute atomic E-state index is 12.4. The fourth-order valence-electron chi connectivity index (χ4n) is 2.03. The van der Waals surface area contributed by atoms with Crippen LogP contribution in [-0.2, 0) is 10.0 Å². The molecule has 6 nitrogen and oxygen atoms in total. The second-order valence-electron chi connectivity index (χ2n) is 4.66. The van der Waals surface area contributed by atoms with Crippen LogP contribution >= 0.6 is 0 Å². The van der Waals surface area contributed by atoms with Gasteiger partial charge in [-0.2, -0.15) is 4.31 Å². The number of nitrogens with zero attached hydrogens (tertiary/aromatic N) is 1. The van der Waals surface area contributed by atoms with Gasteiger partial charge >= 0.3 is 0 Å². The summed E-state index contributed by atoms with van der Waals surface area (Å²) in [7, 11) is -3.69. The van der Waals surface area contributed by atoms with Gasteiger partial charge in [-0.05, 0) is 25.1 Å². The van der Waals surface area contributed by atoms with Gasteiger partial charge in [-0.1, -0.05) is 18.2 Å². The van der Waals surface area contributed by atoms with E-state index in [4.69, 9.17) is 0 Å². The first-order chi connectivity index (χ1) is 8.92. The summed E-state index contributed by atoms with van der Waals surface area (Å²) in [5.74, 6) is -2.05. The topological polar surface area (TPSA) is 89.9 Å². The van der Waals surface area contributed by atoms with Crippen molar-refractivity contribution in [3.8, 4) is 0 Å². The molecule has 0 atom stereocenters. The summed E-state index contributed by atoms with van der Waals surface area (Å²) < 4.78 is 26.0. The smallest absolute Gasteiger partial charge is 0.243 e. The number of hydrogen-bond acceptors (Lipinski definition) is 5. The second-order valence-corrected chi connectivity index (χ2v) is 6.60. The number of hydrogen-bond donors (Lipinski definition) is 3. The Labute approximate surface area is 112 Å². The lowest BCUT2D eigenvalue weighted by Crippen LogP contribution is -2.53. The first-order valence-electron chi connectivity index (χ1n) is 6.12. The number of sulfonamides is 1. The molecule has 0 saturated carbocycles. The molecule has 0 spiro atoms. The monoisotopic (exact) mass is 286 g/mol.